The van der Waals surface area contributed by atoms with Gasteiger partial charge < -0.3 is 14.1 Å². The van der Waals surface area contributed by atoms with Crippen molar-refractivity contribution in [1.29, 1.82) is 0 Å². The number of nitrogens with one attached hydrogen (secondary N) is 1. The van der Waals surface area contributed by atoms with Crippen LogP contribution in [0.3, 0.4) is 0 Å². The molecule has 0 spiro atoms. The summed E-state index contributed by atoms with van der Waals surface area (Å²) >= 11 is 10.9. The number of methoxy groups -OCH3 is 1. The van der Waals surface area contributed by atoms with Gasteiger partial charge in [-0.1, -0.05) is 11.6 Å². The molecule has 1 aromatic carbocycles. The zero-order valence-corrected chi connectivity index (χ0v) is 15.4. The van der Waals surface area contributed by atoms with Crippen LogP contribution in [0.25, 0.3) is 22.4 Å². The van der Waals surface area contributed by atoms with E-state index in [0.717, 1.165) is 15.4 Å². The molecule has 0 aliphatic heterocycles. The molecule has 0 radical (unpaired) electrons. The zero-order chi connectivity index (χ0) is 16.6. The van der Waals surface area contributed by atoms with Gasteiger partial charge in [0.05, 0.1) is 22.5 Å². The van der Waals surface area contributed by atoms with Crippen molar-refractivity contribution in [2.45, 2.75) is 5.44 Å². The van der Waals surface area contributed by atoms with E-state index >= 15 is 0 Å². The lowest BCUT2D eigenvalue weighted by molar-refractivity contribution is 0.0791. The fraction of sp³-hybridized carbons (Fsp3) is 0.200. The number of rotatable bonds is 5. The summed E-state index contributed by atoms with van der Waals surface area (Å²) in [5.41, 5.74) is 1.11. The molecule has 1 atom stereocenters. The number of carbonyl (C=O) groups is 1. The van der Waals surface area contributed by atoms with Crippen LogP contribution < -0.4 is 0 Å². The van der Waals surface area contributed by atoms with Crippen LogP contribution >= 0.6 is 39.3 Å². The summed E-state index contributed by atoms with van der Waals surface area (Å²) in [6, 6.07) is 3.59. The molecule has 1 N–H and O–H groups in total. The second-order valence-corrected chi connectivity index (χ2v) is 6.85. The number of aromatic nitrogens is 2. The Kier molecular flexibility index (Phi) is 4.82. The van der Waals surface area contributed by atoms with Crippen LogP contribution in [0.4, 0.5) is 0 Å². The number of oxazole rings is 1. The lowest BCUT2D eigenvalue weighted by Gasteiger charge is -2.10. The number of nitrogens with zero attached hydrogens (tertiary/aromatic N) is 1. The highest BCUT2D eigenvalue weighted by atomic mass is 79.9. The molecular formula is C15H12BrClN2O3S. The average molecular weight is 416 g/mol. The number of thioether (sulfide) groups is 1. The zero-order valence-electron chi connectivity index (χ0n) is 12.2. The van der Waals surface area contributed by atoms with E-state index < -0.39 is 5.44 Å². The third kappa shape index (κ3) is 2.94. The van der Waals surface area contributed by atoms with Crippen LogP contribution in [0.15, 0.2) is 33.5 Å². The summed E-state index contributed by atoms with van der Waals surface area (Å²) < 4.78 is 11.4. The summed E-state index contributed by atoms with van der Waals surface area (Å²) in [6.07, 6.45) is 4.81. The van der Waals surface area contributed by atoms with Gasteiger partial charge in [-0.2, -0.15) is 0 Å². The SMILES string of the molecule is COC(SC)C(=O)c1[nH]c2cc(Br)c(Cl)cc2c1-c1ncco1. The molecule has 0 saturated heterocycles. The van der Waals surface area contributed by atoms with Crippen LogP contribution in [-0.4, -0.2) is 34.6 Å². The Morgan fingerprint density at radius 1 is 1.52 bits per heavy atom. The number of carbonyl (C=O) groups excluding carboxylic acids is 1. The number of Topliss-reactive ketones (excluding diaryl/α,β-unsaturated/α-hetero) is 1. The predicted molar refractivity (Wildman–Crippen MR) is 95.1 cm³/mol. The molecule has 3 aromatic rings. The number of hydrogen-bond donors (Lipinski definition) is 1. The molecule has 1 unspecified atom stereocenters. The van der Waals surface area contributed by atoms with Crippen molar-refractivity contribution >= 4 is 56.0 Å². The van der Waals surface area contributed by atoms with E-state index in [4.69, 9.17) is 20.8 Å². The molecule has 0 saturated carbocycles. The molecule has 2 heterocycles. The van der Waals surface area contributed by atoms with Gasteiger partial charge in [-0.3, -0.25) is 4.79 Å². The quantitative estimate of drug-likeness (QED) is 0.481. The van der Waals surface area contributed by atoms with E-state index in [2.05, 4.69) is 25.9 Å². The third-order valence-corrected chi connectivity index (χ3v) is 5.41. The number of H-pyrrole nitrogens is 1. The lowest BCUT2D eigenvalue weighted by Crippen LogP contribution is -2.20. The first kappa shape index (κ1) is 16.6. The van der Waals surface area contributed by atoms with E-state index in [0.29, 0.717) is 22.2 Å². The van der Waals surface area contributed by atoms with E-state index in [1.165, 1.54) is 31.3 Å². The van der Waals surface area contributed by atoms with Crippen LogP contribution in [0.2, 0.25) is 5.02 Å². The largest absolute Gasteiger partial charge is 0.444 e. The molecule has 0 aliphatic carbocycles. The van der Waals surface area contributed by atoms with Crippen molar-refractivity contribution in [2.24, 2.45) is 0 Å². The van der Waals surface area contributed by atoms with Gasteiger partial charge in [0.25, 0.3) is 0 Å². The molecule has 0 amide bonds. The summed E-state index contributed by atoms with van der Waals surface area (Å²) in [5, 5.41) is 1.30. The molecule has 3 rings (SSSR count). The first-order valence-corrected chi connectivity index (χ1v) is 9.03. The van der Waals surface area contributed by atoms with Crippen LogP contribution in [0.1, 0.15) is 10.5 Å². The predicted octanol–water partition coefficient (Wildman–Crippen LogP) is 4.76. The Morgan fingerprint density at radius 2 is 2.30 bits per heavy atom. The first-order chi connectivity index (χ1) is 11.1. The topological polar surface area (TPSA) is 68.1 Å². The van der Waals surface area contributed by atoms with Crippen molar-refractivity contribution in [2.75, 3.05) is 13.4 Å². The van der Waals surface area contributed by atoms with Crippen LogP contribution in [-0.2, 0) is 4.74 Å². The molecule has 0 bridgehead atoms. The van der Waals surface area contributed by atoms with Crippen LogP contribution in [0.5, 0.6) is 0 Å². The molecule has 120 valence electrons. The Bertz CT molecular complexity index is 859. The molecule has 8 heteroatoms. The van der Waals surface area contributed by atoms with Gasteiger partial charge in [0.2, 0.25) is 11.7 Å². The molecule has 23 heavy (non-hydrogen) atoms. The van der Waals surface area contributed by atoms with Gasteiger partial charge >= 0.3 is 0 Å². The van der Waals surface area contributed by atoms with E-state index in [1.54, 1.807) is 6.07 Å². The van der Waals surface area contributed by atoms with Crippen molar-refractivity contribution < 1.29 is 13.9 Å². The fourth-order valence-corrected chi connectivity index (χ4v) is 3.40. The number of fused-ring (bicyclic) bond motifs is 1. The maximum atomic E-state index is 12.8. The van der Waals surface area contributed by atoms with Crippen molar-refractivity contribution in [1.82, 2.24) is 9.97 Å². The Morgan fingerprint density at radius 3 is 2.91 bits per heavy atom. The Hall–Kier alpha value is -1.28. The standard InChI is InChI=1S/C15H12BrClN2O3S/c1-21-15(23-2)13(20)12-11(14-18-3-4-22-14)7-5-9(17)8(16)6-10(7)19-12/h3-6,15,19H,1-2H3. The Labute approximate surface area is 149 Å². The number of benzene rings is 1. The van der Waals surface area contributed by atoms with Crippen molar-refractivity contribution in [3.05, 3.63) is 39.8 Å². The molecular weight excluding hydrogens is 404 g/mol. The molecule has 0 fully saturated rings. The van der Waals surface area contributed by atoms with E-state index in [1.807, 2.05) is 12.3 Å². The van der Waals surface area contributed by atoms with Gasteiger partial charge in [-0.25, -0.2) is 4.98 Å². The monoisotopic (exact) mass is 414 g/mol. The second-order valence-electron chi connectivity index (χ2n) is 4.69. The number of ketones is 1. The minimum atomic E-state index is -0.615. The average Bonchev–Trinajstić information content (AvgIpc) is 3.16. The second kappa shape index (κ2) is 6.68. The van der Waals surface area contributed by atoms with Crippen molar-refractivity contribution in [3.63, 3.8) is 0 Å². The van der Waals surface area contributed by atoms with Crippen molar-refractivity contribution in [3.8, 4) is 11.5 Å². The number of hydrogen-bond acceptors (Lipinski definition) is 5. The van der Waals surface area contributed by atoms with Gasteiger partial charge in [-0.05, 0) is 34.3 Å². The molecule has 0 aliphatic rings. The van der Waals surface area contributed by atoms with Gasteiger partial charge in [0.1, 0.15) is 6.26 Å². The maximum Gasteiger partial charge on any atom is 0.228 e. The van der Waals surface area contributed by atoms with E-state index in [9.17, 15) is 4.79 Å². The maximum absolute atomic E-state index is 12.8. The number of halogens is 2. The van der Waals surface area contributed by atoms with Crippen LogP contribution in [0, 0.1) is 0 Å². The van der Waals surface area contributed by atoms with Gasteiger partial charge in [-0.15, -0.1) is 11.8 Å². The Balaban J connectivity index is 2.28. The summed E-state index contributed by atoms with van der Waals surface area (Å²) in [7, 11) is 1.50. The smallest absolute Gasteiger partial charge is 0.228 e. The number of aromatic amines is 1. The molecule has 2 aromatic heterocycles. The van der Waals surface area contributed by atoms with Gasteiger partial charge in [0, 0.05) is 22.5 Å². The highest BCUT2D eigenvalue weighted by molar-refractivity contribution is 9.10. The van der Waals surface area contributed by atoms with Gasteiger partial charge in [0.15, 0.2) is 5.44 Å². The normalized spacial score (nSPS) is 12.7. The number of ether oxygens (including phenoxy) is 1. The highest BCUT2D eigenvalue weighted by Crippen LogP contribution is 2.37. The highest BCUT2D eigenvalue weighted by Gasteiger charge is 2.27. The summed E-state index contributed by atoms with van der Waals surface area (Å²) in [5.74, 6) is 0.172. The minimum Gasteiger partial charge on any atom is -0.444 e. The molecule has 5 nitrogen and oxygen atoms in total. The fourth-order valence-electron chi connectivity index (χ4n) is 2.37. The summed E-state index contributed by atoms with van der Waals surface area (Å²) in [4.78, 5) is 20.1. The lowest BCUT2D eigenvalue weighted by atomic mass is 10.1. The first-order valence-electron chi connectivity index (χ1n) is 6.57. The van der Waals surface area contributed by atoms with E-state index in [-0.39, 0.29) is 5.78 Å². The third-order valence-electron chi connectivity index (χ3n) is 3.37. The minimum absolute atomic E-state index is 0.184. The summed E-state index contributed by atoms with van der Waals surface area (Å²) in [6.45, 7) is 0.